The minimum Gasteiger partial charge on any atom is -0.368 e. The fourth-order valence-electron chi connectivity index (χ4n) is 3.00. The molecule has 160 valence electrons. The van der Waals surface area contributed by atoms with E-state index >= 15 is 0 Å². The van der Waals surface area contributed by atoms with Crippen molar-refractivity contribution in [3.8, 4) is 0 Å². The fourth-order valence-corrected chi connectivity index (χ4v) is 3.16. The number of carbonyl (C=O) groups excluding carboxylic acids is 1. The number of halogens is 3. The lowest BCUT2D eigenvalue weighted by Crippen LogP contribution is -2.53. The van der Waals surface area contributed by atoms with Crippen LogP contribution in [-0.4, -0.2) is 34.7 Å². The molecule has 1 aliphatic heterocycles. The molecule has 30 heavy (non-hydrogen) atoms. The Morgan fingerprint density at radius 3 is 2.07 bits per heavy atom. The molecule has 3 rings (SSSR count). The van der Waals surface area contributed by atoms with Crippen LogP contribution in [0.1, 0.15) is 11.1 Å². The number of ether oxygens (including phenoxy) is 3. The zero-order chi connectivity index (χ0) is 21.6. The molecule has 1 amide bonds. The largest absolute Gasteiger partial charge is 0.368 e. The molecule has 0 bridgehead atoms. The molecule has 0 aromatic heterocycles. The van der Waals surface area contributed by atoms with E-state index in [1.807, 2.05) is 60.7 Å². The average molecular weight is 471 g/mol. The summed E-state index contributed by atoms with van der Waals surface area (Å²) in [4.78, 5) is 12.1. The summed E-state index contributed by atoms with van der Waals surface area (Å²) in [6, 6.07) is 19.5. The Bertz CT molecular complexity index is 842. The molecule has 0 saturated carbocycles. The van der Waals surface area contributed by atoms with Gasteiger partial charge in [0.1, 0.15) is 12.2 Å². The first-order valence-corrected chi connectivity index (χ1v) is 10.5. The van der Waals surface area contributed by atoms with Gasteiger partial charge >= 0.3 is 0 Å². The number of hydrogen-bond acceptors (Lipinski definition) is 4. The van der Waals surface area contributed by atoms with Crippen molar-refractivity contribution in [3.63, 3.8) is 0 Å². The number of nitrogens with one attached hydrogen (secondary N) is 1. The molecular weight excluding hydrogens is 449 g/mol. The van der Waals surface area contributed by atoms with E-state index in [1.54, 1.807) is 0 Å². The molecule has 0 aliphatic carbocycles. The van der Waals surface area contributed by atoms with Gasteiger partial charge in [0, 0.05) is 5.57 Å². The van der Waals surface area contributed by atoms with Gasteiger partial charge in [0.25, 0.3) is 9.70 Å². The van der Waals surface area contributed by atoms with Crippen molar-refractivity contribution in [3.05, 3.63) is 83.9 Å². The Labute approximate surface area is 190 Å². The van der Waals surface area contributed by atoms with Crippen LogP contribution in [0, 0.1) is 0 Å². The zero-order valence-corrected chi connectivity index (χ0v) is 18.4. The number of amides is 1. The molecule has 5 nitrogen and oxygen atoms in total. The summed E-state index contributed by atoms with van der Waals surface area (Å²) in [6.45, 7) is 4.97. The topological polar surface area (TPSA) is 56.8 Å². The van der Waals surface area contributed by atoms with Gasteiger partial charge in [-0.3, -0.25) is 4.79 Å². The second-order valence-electron chi connectivity index (χ2n) is 6.81. The third kappa shape index (κ3) is 6.45. The van der Waals surface area contributed by atoms with Gasteiger partial charge in [-0.2, -0.15) is 0 Å². The molecule has 8 heteroatoms. The van der Waals surface area contributed by atoms with E-state index in [9.17, 15) is 4.79 Å². The maximum atomic E-state index is 12.1. The number of alkyl halides is 3. The molecule has 1 aliphatic rings. The Kier molecular flexibility index (Phi) is 8.17. The van der Waals surface area contributed by atoms with Crippen LogP contribution in [0.4, 0.5) is 0 Å². The third-order valence-electron chi connectivity index (χ3n) is 4.57. The predicted molar refractivity (Wildman–Crippen MR) is 117 cm³/mol. The van der Waals surface area contributed by atoms with Gasteiger partial charge in [-0.15, -0.1) is 0 Å². The van der Waals surface area contributed by atoms with Crippen LogP contribution in [0.25, 0.3) is 0 Å². The van der Waals surface area contributed by atoms with Gasteiger partial charge in [-0.05, 0) is 11.1 Å². The van der Waals surface area contributed by atoms with E-state index in [2.05, 4.69) is 11.9 Å². The average Bonchev–Trinajstić information content (AvgIpc) is 2.74. The summed E-state index contributed by atoms with van der Waals surface area (Å²) in [5.41, 5.74) is 2.51. The molecule has 1 N–H and O–H groups in total. The second kappa shape index (κ2) is 10.6. The Morgan fingerprint density at radius 1 is 1.00 bits per heavy atom. The number of benzene rings is 2. The summed E-state index contributed by atoms with van der Waals surface area (Å²) in [5.74, 6) is -0.802. The summed E-state index contributed by atoms with van der Waals surface area (Å²) in [7, 11) is 0. The van der Waals surface area contributed by atoms with Crippen molar-refractivity contribution in [2.45, 2.75) is 35.4 Å². The highest BCUT2D eigenvalue weighted by Crippen LogP contribution is 2.29. The lowest BCUT2D eigenvalue weighted by molar-refractivity contribution is -0.151. The SMILES string of the molecule is C=C1[C@@H](OCc2ccccc2)[C@@H](OCc2ccccc2)CO[C@@H]1NC(=O)C(Cl)(Cl)Cl. The molecule has 2 aromatic rings. The van der Waals surface area contributed by atoms with E-state index < -0.39 is 28.1 Å². The fraction of sp³-hybridized carbons (Fsp3) is 0.318. The van der Waals surface area contributed by atoms with E-state index in [0.29, 0.717) is 18.8 Å². The first-order chi connectivity index (χ1) is 14.3. The Morgan fingerprint density at radius 2 is 1.53 bits per heavy atom. The van der Waals surface area contributed by atoms with Crippen molar-refractivity contribution in [2.24, 2.45) is 0 Å². The highest BCUT2D eigenvalue weighted by Gasteiger charge is 2.40. The van der Waals surface area contributed by atoms with Crippen LogP contribution in [0.5, 0.6) is 0 Å². The van der Waals surface area contributed by atoms with Gasteiger partial charge in [0.05, 0.1) is 19.8 Å². The second-order valence-corrected chi connectivity index (χ2v) is 9.09. The zero-order valence-electron chi connectivity index (χ0n) is 16.1. The monoisotopic (exact) mass is 469 g/mol. The molecule has 1 heterocycles. The number of carbonyl (C=O) groups is 1. The van der Waals surface area contributed by atoms with Crippen LogP contribution in [0.3, 0.4) is 0 Å². The lowest BCUT2D eigenvalue weighted by Gasteiger charge is -2.38. The number of rotatable bonds is 7. The van der Waals surface area contributed by atoms with Crippen LogP contribution in [-0.2, 0) is 32.2 Å². The minimum atomic E-state index is -2.11. The molecular formula is C22H22Cl3NO4. The summed E-state index contributed by atoms with van der Waals surface area (Å²) < 4.78 is 15.8. The van der Waals surface area contributed by atoms with Gasteiger partial charge < -0.3 is 19.5 Å². The Balaban J connectivity index is 1.69. The highest BCUT2D eigenvalue weighted by atomic mass is 35.6. The molecule has 2 aromatic carbocycles. The van der Waals surface area contributed by atoms with Crippen molar-refractivity contribution < 1.29 is 19.0 Å². The van der Waals surface area contributed by atoms with Gasteiger partial charge in [-0.25, -0.2) is 0 Å². The van der Waals surface area contributed by atoms with Crippen LogP contribution < -0.4 is 5.32 Å². The maximum Gasteiger partial charge on any atom is 0.274 e. The van der Waals surface area contributed by atoms with Crippen LogP contribution in [0.2, 0.25) is 0 Å². The third-order valence-corrected chi connectivity index (χ3v) is 5.08. The Hall–Kier alpha value is -1.60. The van der Waals surface area contributed by atoms with Gasteiger partial charge in [-0.1, -0.05) is 102 Å². The highest BCUT2D eigenvalue weighted by molar-refractivity contribution is 6.76. The summed E-state index contributed by atoms with van der Waals surface area (Å²) >= 11 is 17.0. The molecule has 0 unspecified atom stereocenters. The first-order valence-electron chi connectivity index (χ1n) is 9.33. The van der Waals surface area contributed by atoms with Crippen LogP contribution in [0.15, 0.2) is 72.8 Å². The molecule has 1 fully saturated rings. The van der Waals surface area contributed by atoms with E-state index in [1.165, 1.54) is 0 Å². The normalized spacial score (nSPS) is 22.0. The van der Waals surface area contributed by atoms with Crippen molar-refractivity contribution in [1.29, 1.82) is 0 Å². The van der Waals surface area contributed by atoms with Crippen molar-refractivity contribution >= 4 is 40.7 Å². The van der Waals surface area contributed by atoms with Crippen molar-refractivity contribution in [1.82, 2.24) is 5.32 Å². The molecule has 0 radical (unpaired) electrons. The molecule has 1 saturated heterocycles. The molecule has 0 spiro atoms. The van der Waals surface area contributed by atoms with Crippen LogP contribution >= 0.6 is 34.8 Å². The van der Waals surface area contributed by atoms with Crippen molar-refractivity contribution in [2.75, 3.05) is 6.61 Å². The summed E-state index contributed by atoms with van der Waals surface area (Å²) in [6.07, 6.45) is -1.80. The quantitative estimate of drug-likeness (QED) is 0.476. The van der Waals surface area contributed by atoms with E-state index in [0.717, 1.165) is 11.1 Å². The summed E-state index contributed by atoms with van der Waals surface area (Å²) in [5, 5.41) is 2.54. The molecule has 3 atom stereocenters. The first kappa shape index (κ1) is 23.1. The minimum absolute atomic E-state index is 0.177. The number of hydrogen-bond donors (Lipinski definition) is 1. The van der Waals surface area contributed by atoms with E-state index in [-0.39, 0.29) is 6.61 Å². The lowest BCUT2D eigenvalue weighted by atomic mass is 10.0. The smallest absolute Gasteiger partial charge is 0.274 e. The van der Waals surface area contributed by atoms with E-state index in [4.69, 9.17) is 49.0 Å². The maximum absolute atomic E-state index is 12.1. The van der Waals surface area contributed by atoms with Gasteiger partial charge in [0.15, 0.2) is 6.23 Å². The standard InChI is InChI=1S/C22H22Cl3NO4/c1-15-19(29-13-17-10-6-3-7-11-17)18(28-12-16-8-4-2-5-9-16)14-30-20(15)26-21(27)22(23,24)25/h2-11,18-20H,1,12-14H2,(H,26,27)/t18-,19+,20-/m0/s1. The van der Waals surface area contributed by atoms with Gasteiger partial charge in [0.2, 0.25) is 0 Å². The predicted octanol–water partition coefficient (Wildman–Crippen LogP) is 4.56.